The summed E-state index contributed by atoms with van der Waals surface area (Å²) in [5.74, 6) is 1.48. The molecule has 6 rings (SSSR count). The number of ether oxygens (including phenoxy) is 2. The highest BCUT2D eigenvalue weighted by Gasteiger charge is 2.59. The van der Waals surface area contributed by atoms with Crippen molar-refractivity contribution in [1.29, 1.82) is 0 Å². The van der Waals surface area contributed by atoms with Crippen molar-refractivity contribution in [2.24, 2.45) is 28.6 Å². The maximum Gasteiger partial charge on any atom is 0.338 e. The number of allylic oxidation sites excluding steroid dienone is 1. The lowest BCUT2D eigenvalue weighted by molar-refractivity contribution is -0.0787. The first kappa shape index (κ1) is 24.5. The Labute approximate surface area is 220 Å². The Morgan fingerprint density at radius 3 is 2.08 bits per heavy atom. The van der Waals surface area contributed by atoms with E-state index in [-0.39, 0.29) is 35.0 Å². The Balaban J connectivity index is 1.15. The Hall–Kier alpha value is -2.88. The normalized spacial score (nSPS) is 36.4. The van der Waals surface area contributed by atoms with Crippen LogP contribution in [0.4, 0.5) is 0 Å². The van der Waals surface area contributed by atoms with Crippen LogP contribution in [-0.2, 0) is 9.47 Å². The van der Waals surface area contributed by atoms with Crippen molar-refractivity contribution >= 4 is 11.9 Å². The highest BCUT2D eigenvalue weighted by Crippen LogP contribution is 2.65. The van der Waals surface area contributed by atoms with Crippen molar-refractivity contribution in [1.82, 2.24) is 0 Å². The summed E-state index contributed by atoms with van der Waals surface area (Å²) < 4.78 is 12.1. The van der Waals surface area contributed by atoms with E-state index in [2.05, 4.69) is 19.9 Å². The molecule has 0 spiro atoms. The minimum Gasteiger partial charge on any atom is -0.458 e. The average molecular weight is 499 g/mol. The predicted molar refractivity (Wildman–Crippen MR) is 143 cm³/mol. The monoisotopic (exact) mass is 498 g/mol. The largest absolute Gasteiger partial charge is 0.458 e. The molecule has 0 saturated heterocycles. The van der Waals surface area contributed by atoms with Gasteiger partial charge in [-0.05, 0) is 92.4 Å². The van der Waals surface area contributed by atoms with Gasteiger partial charge in [0.25, 0.3) is 0 Å². The fourth-order valence-corrected chi connectivity index (χ4v) is 8.44. The number of carbonyl (C=O) groups excluding carboxylic acids is 2. The second kappa shape index (κ2) is 9.45. The van der Waals surface area contributed by atoms with Crippen LogP contribution in [0.5, 0.6) is 0 Å². The van der Waals surface area contributed by atoms with Gasteiger partial charge in [0.2, 0.25) is 0 Å². The quantitative estimate of drug-likeness (QED) is 0.325. The van der Waals surface area contributed by atoms with Gasteiger partial charge in [-0.1, -0.05) is 61.9 Å². The van der Waals surface area contributed by atoms with E-state index in [1.54, 1.807) is 0 Å². The minimum atomic E-state index is -0.209. The molecule has 2 aromatic carbocycles. The van der Waals surface area contributed by atoms with E-state index in [1.165, 1.54) is 12.0 Å². The van der Waals surface area contributed by atoms with Gasteiger partial charge < -0.3 is 9.47 Å². The third-order valence-corrected chi connectivity index (χ3v) is 10.5. The van der Waals surface area contributed by atoms with Crippen molar-refractivity contribution in [2.45, 2.75) is 77.4 Å². The molecular formula is C33H38O4. The first-order valence-corrected chi connectivity index (χ1v) is 14.1. The molecule has 0 aliphatic heterocycles. The summed E-state index contributed by atoms with van der Waals surface area (Å²) in [5, 5.41) is 0. The summed E-state index contributed by atoms with van der Waals surface area (Å²) in [6.07, 6.45) is 10.8. The van der Waals surface area contributed by atoms with E-state index in [0.29, 0.717) is 28.9 Å². The maximum absolute atomic E-state index is 12.9. The van der Waals surface area contributed by atoms with Crippen molar-refractivity contribution < 1.29 is 19.1 Å². The first-order chi connectivity index (χ1) is 17.9. The zero-order valence-corrected chi connectivity index (χ0v) is 22.0. The molecule has 0 bridgehead atoms. The molecular weight excluding hydrogens is 460 g/mol. The van der Waals surface area contributed by atoms with Crippen LogP contribution in [0.3, 0.4) is 0 Å². The highest BCUT2D eigenvalue weighted by atomic mass is 16.5. The molecule has 194 valence electrons. The molecule has 3 fully saturated rings. The van der Waals surface area contributed by atoms with E-state index in [1.807, 2.05) is 60.7 Å². The van der Waals surface area contributed by atoms with Gasteiger partial charge in [0, 0.05) is 11.8 Å². The van der Waals surface area contributed by atoms with Crippen LogP contribution < -0.4 is 0 Å². The lowest BCUT2D eigenvalue weighted by atomic mass is 9.48. The maximum atomic E-state index is 12.9. The van der Waals surface area contributed by atoms with Crippen molar-refractivity contribution in [3.05, 3.63) is 83.4 Å². The third-order valence-electron chi connectivity index (χ3n) is 10.5. The first-order valence-electron chi connectivity index (χ1n) is 14.1. The zero-order chi connectivity index (χ0) is 25.6. The van der Waals surface area contributed by atoms with Crippen LogP contribution in [0.1, 0.15) is 85.9 Å². The molecule has 4 heteroatoms. The summed E-state index contributed by atoms with van der Waals surface area (Å²) in [7, 11) is 0. The van der Waals surface area contributed by atoms with Crippen LogP contribution in [0.2, 0.25) is 0 Å². The SMILES string of the molecule is CC12CCC(OC(=O)c3ccccc3)CC1=CCC1C2CCC2(C)C(OC(=O)c3ccccc3)CCC12. The molecule has 0 N–H and O–H groups in total. The Bertz CT molecular complexity index is 1190. The molecule has 2 aromatic rings. The van der Waals surface area contributed by atoms with E-state index in [0.717, 1.165) is 44.9 Å². The van der Waals surface area contributed by atoms with Gasteiger partial charge in [0.15, 0.2) is 0 Å². The molecule has 4 aliphatic rings. The van der Waals surface area contributed by atoms with E-state index < -0.39 is 0 Å². The summed E-state index contributed by atoms with van der Waals surface area (Å²) in [6.45, 7) is 4.85. The van der Waals surface area contributed by atoms with Crippen LogP contribution in [0.15, 0.2) is 72.3 Å². The average Bonchev–Trinajstić information content (AvgIpc) is 3.25. The zero-order valence-electron chi connectivity index (χ0n) is 22.0. The van der Waals surface area contributed by atoms with Gasteiger partial charge >= 0.3 is 11.9 Å². The predicted octanol–water partition coefficient (Wildman–Crippen LogP) is 7.40. The van der Waals surface area contributed by atoms with Crippen molar-refractivity contribution in [3.8, 4) is 0 Å². The van der Waals surface area contributed by atoms with Crippen LogP contribution in [0.25, 0.3) is 0 Å². The lowest BCUT2D eigenvalue weighted by Gasteiger charge is -2.57. The fraction of sp³-hybridized carbons (Fsp3) is 0.515. The molecule has 7 atom stereocenters. The van der Waals surface area contributed by atoms with Crippen LogP contribution in [-0.4, -0.2) is 24.1 Å². The number of hydrogen-bond donors (Lipinski definition) is 0. The number of rotatable bonds is 4. The minimum absolute atomic E-state index is 0.00234. The Morgan fingerprint density at radius 2 is 1.41 bits per heavy atom. The number of carbonyl (C=O) groups is 2. The van der Waals surface area contributed by atoms with Gasteiger partial charge in [0.05, 0.1) is 11.1 Å². The fourth-order valence-electron chi connectivity index (χ4n) is 8.44. The van der Waals surface area contributed by atoms with Gasteiger partial charge in [-0.15, -0.1) is 0 Å². The third kappa shape index (κ3) is 4.23. The number of hydrogen-bond acceptors (Lipinski definition) is 4. The highest BCUT2D eigenvalue weighted by molar-refractivity contribution is 5.90. The molecule has 0 aromatic heterocycles. The van der Waals surface area contributed by atoms with Gasteiger partial charge in [0.1, 0.15) is 12.2 Å². The molecule has 3 saturated carbocycles. The lowest BCUT2D eigenvalue weighted by Crippen LogP contribution is -2.51. The number of fused-ring (bicyclic) bond motifs is 5. The van der Waals surface area contributed by atoms with E-state index in [4.69, 9.17) is 9.47 Å². The summed E-state index contributed by atoms with van der Waals surface area (Å²) in [4.78, 5) is 25.5. The molecule has 7 unspecified atom stereocenters. The molecule has 4 nitrogen and oxygen atoms in total. The number of esters is 2. The van der Waals surface area contributed by atoms with Crippen molar-refractivity contribution in [2.75, 3.05) is 0 Å². The summed E-state index contributed by atoms with van der Waals surface area (Å²) in [6, 6.07) is 18.7. The van der Waals surface area contributed by atoms with E-state index in [9.17, 15) is 9.59 Å². The van der Waals surface area contributed by atoms with Gasteiger partial charge in [-0.2, -0.15) is 0 Å². The molecule has 0 radical (unpaired) electrons. The second-order valence-corrected chi connectivity index (χ2v) is 12.3. The Morgan fingerprint density at radius 1 is 0.757 bits per heavy atom. The second-order valence-electron chi connectivity index (χ2n) is 12.3. The van der Waals surface area contributed by atoms with Crippen LogP contribution >= 0.6 is 0 Å². The number of benzene rings is 2. The smallest absolute Gasteiger partial charge is 0.338 e. The summed E-state index contributed by atoms with van der Waals surface area (Å²) in [5.41, 5.74) is 3.00. The van der Waals surface area contributed by atoms with Gasteiger partial charge in [-0.3, -0.25) is 0 Å². The van der Waals surface area contributed by atoms with Crippen molar-refractivity contribution in [3.63, 3.8) is 0 Å². The molecule has 0 amide bonds. The molecule has 0 heterocycles. The molecule has 37 heavy (non-hydrogen) atoms. The van der Waals surface area contributed by atoms with E-state index >= 15 is 0 Å². The Kier molecular flexibility index (Phi) is 6.25. The topological polar surface area (TPSA) is 52.6 Å². The standard InChI is InChI=1S/C33H38O4/c1-32-19-17-25(36-30(34)22-9-5-3-6-10-22)21-24(32)13-14-26-27-15-16-29(33(27,2)20-18-28(26)32)37-31(35)23-11-7-4-8-12-23/h3-13,25-29H,14-21H2,1-2H3. The molecule has 4 aliphatic carbocycles. The van der Waals surface area contributed by atoms with Crippen LogP contribution in [0, 0.1) is 28.6 Å². The summed E-state index contributed by atoms with van der Waals surface area (Å²) >= 11 is 0. The van der Waals surface area contributed by atoms with Gasteiger partial charge in [-0.25, -0.2) is 9.59 Å².